The van der Waals surface area contributed by atoms with E-state index in [4.69, 9.17) is 4.74 Å². The number of hydrogen-bond acceptors (Lipinski definition) is 1. The Labute approximate surface area is 106 Å². The van der Waals surface area contributed by atoms with Gasteiger partial charge in [0.1, 0.15) is 0 Å². The van der Waals surface area contributed by atoms with Crippen LogP contribution in [0.2, 0.25) is 0 Å². The van der Waals surface area contributed by atoms with Gasteiger partial charge < -0.3 is 4.74 Å². The normalized spacial score (nSPS) is 46.4. The van der Waals surface area contributed by atoms with Gasteiger partial charge in [0.15, 0.2) is 0 Å². The fourth-order valence-corrected chi connectivity index (χ4v) is 4.08. The topological polar surface area (TPSA) is 9.23 Å². The highest BCUT2D eigenvalue weighted by molar-refractivity contribution is 4.97. The largest absolute Gasteiger partial charge is 0.375 e. The van der Waals surface area contributed by atoms with Crippen molar-refractivity contribution in [1.29, 1.82) is 0 Å². The zero-order valence-electron chi connectivity index (χ0n) is 11.8. The molecule has 1 heterocycles. The first-order valence-electron chi connectivity index (χ1n) is 7.62. The molecule has 0 unspecified atom stereocenters. The quantitative estimate of drug-likeness (QED) is 0.605. The van der Waals surface area contributed by atoms with Crippen molar-refractivity contribution in [2.24, 2.45) is 23.2 Å². The summed E-state index contributed by atoms with van der Waals surface area (Å²) in [5, 5.41) is 0. The van der Waals surface area contributed by atoms with Gasteiger partial charge in [-0.15, -0.1) is 0 Å². The highest BCUT2D eigenvalue weighted by Gasteiger charge is 2.47. The summed E-state index contributed by atoms with van der Waals surface area (Å²) in [6.45, 7) is 8.28. The first-order chi connectivity index (χ1) is 7.99. The van der Waals surface area contributed by atoms with E-state index in [1.54, 1.807) is 0 Å². The van der Waals surface area contributed by atoms with Gasteiger partial charge in [0.05, 0.1) is 12.2 Å². The van der Waals surface area contributed by atoms with Crippen molar-refractivity contribution < 1.29 is 4.74 Å². The summed E-state index contributed by atoms with van der Waals surface area (Å²) in [5.41, 5.74) is 0.795. The van der Waals surface area contributed by atoms with Crippen LogP contribution >= 0.6 is 0 Å². The molecular formula is C16H28O. The Morgan fingerprint density at radius 2 is 1.59 bits per heavy atom. The molecule has 3 rings (SSSR count). The van der Waals surface area contributed by atoms with E-state index in [0.29, 0.717) is 11.0 Å². The lowest BCUT2D eigenvalue weighted by Gasteiger charge is -2.43. The maximum Gasteiger partial charge on any atom is 0.0683 e. The second-order valence-electron chi connectivity index (χ2n) is 7.93. The van der Waals surface area contributed by atoms with E-state index < -0.39 is 0 Å². The van der Waals surface area contributed by atoms with Gasteiger partial charge in [-0.3, -0.25) is 0 Å². The van der Waals surface area contributed by atoms with E-state index >= 15 is 0 Å². The Morgan fingerprint density at radius 3 is 2.24 bits per heavy atom. The van der Waals surface area contributed by atoms with Gasteiger partial charge in [-0.1, -0.05) is 20.8 Å². The molecule has 2 saturated carbocycles. The Morgan fingerprint density at radius 1 is 0.941 bits per heavy atom. The first kappa shape index (κ1) is 12.0. The fourth-order valence-electron chi connectivity index (χ4n) is 4.08. The third-order valence-corrected chi connectivity index (χ3v) is 5.76. The van der Waals surface area contributed by atoms with Crippen molar-refractivity contribution in [2.45, 2.75) is 71.3 Å². The van der Waals surface area contributed by atoms with Crippen LogP contribution in [0, 0.1) is 23.2 Å². The lowest BCUT2D eigenvalue weighted by atomic mass is 9.67. The van der Waals surface area contributed by atoms with Crippen LogP contribution in [0.4, 0.5) is 0 Å². The molecule has 0 aromatic carbocycles. The Balaban J connectivity index is 1.59. The van der Waals surface area contributed by atoms with Gasteiger partial charge in [0, 0.05) is 0 Å². The summed E-state index contributed by atoms with van der Waals surface area (Å²) >= 11 is 0. The van der Waals surface area contributed by atoms with Gasteiger partial charge in [-0.25, -0.2) is 0 Å². The molecule has 1 heteroatoms. The van der Waals surface area contributed by atoms with Gasteiger partial charge >= 0.3 is 0 Å². The van der Waals surface area contributed by atoms with Crippen LogP contribution in [0.1, 0.15) is 65.7 Å². The van der Waals surface area contributed by atoms with Gasteiger partial charge in [-0.2, -0.15) is 0 Å². The Hall–Kier alpha value is -0.0400. The molecule has 2 aliphatic carbocycles. The molecule has 0 aromatic rings. The second kappa shape index (κ2) is 3.98. The van der Waals surface area contributed by atoms with Crippen molar-refractivity contribution in [3.8, 4) is 0 Å². The van der Waals surface area contributed by atoms with Crippen molar-refractivity contribution in [1.82, 2.24) is 0 Å². The first-order valence-corrected chi connectivity index (χ1v) is 7.62. The maximum absolute atomic E-state index is 6.35. The number of ether oxygens (including phenoxy) is 1. The molecule has 3 aliphatic rings. The predicted molar refractivity (Wildman–Crippen MR) is 70.9 cm³/mol. The molecule has 17 heavy (non-hydrogen) atoms. The molecule has 3 fully saturated rings. The molecule has 2 atom stereocenters. The number of fused-ring (bicyclic) bond motifs is 1. The summed E-state index contributed by atoms with van der Waals surface area (Å²) in [5.74, 6) is 2.89. The molecule has 0 bridgehead atoms. The Bertz CT molecular complexity index is 266. The minimum atomic E-state index is 0.301. The van der Waals surface area contributed by atoms with E-state index in [1.807, 2.05) is 0 Å². The minimum Gasteiger partial charge on any atom is -0.375 e. The number of hydrogen-bond donors (Lipinski definition) is 0. The van der Waals surface area contributed by atoms with E-state index in [1.165, 1.54) is 44.9 Å². The molecule has 1 nitrogen and oxygen atoms in total. The fraction of sp³-hybridized carbons (Fsp3) is 1.00. The smallest absolute Gasteiger partial charge is 0.0683 e. The summed E-state index contributed by atoms with van der Waals surface area (Å²) in [6.07, 6.45) is 9.69. The van der Waals surface area contributed by atoms with Gasteiger partial charge in [0.2, 0.25) is 0 Å². The van der Waals surface area contributed by atoms with Crippen molar-refractivity contribution in [3.63, 3.8) is 0 Å². The summed E-state index contributed by atoms with van der Waals surface area (Å²) in [6, 6.07) is 0. The average molecular weight is 236 g/mol. The highest BCUT2D eigenvalue weighted by atomic mass is 16.5. The number of rotatable bonds is 0. The second-order valence-corrected chi connectivity index (χ2v) is 7.93. The lowest BCUT2D eigenvalue weighted by molar-refractivity contribution is -0.0893. The third kappa shape index (κ3) is 2.41. The van der Waals surface area contributed by atoms with Crippen LogP contribution in [-0.4, -0.2) is 12.2 Å². The molecule has 1 aliphatic heterocycles. The molecule has 0 aromatic heterocycles. The van der Waals surface area contributed by atoms with E-state index in [0.717, 1.165) is 24.4 Å². The molecule has 98 valence electrons. The van der Waals surface area contributed by atoms with Crippen LogP contribution in [0.15, 0.2) is 0 Å². The zero-order chi connectivity index (χ0) is 12.1. The van der Waals surface area contributed by atoms with Crippen LogP contribution in [0.5, 0.6) is 0 Å². The van der Waals surface area contributed by atoms with Crippen molar-refractivity contribution in [2.75, 3.05) is 6.61 Å². The predicted octanol–water partition coefficient (Wildman–Crippen LogP) is 4.41. The lowest BCUT2D eigenvalue weighted by Crippen LogP contribution is -2.39. The monoisotopic (exact) mass is 236 g/mol. The van der Waals surface area contributed by atoms with E-state index in [2.05, 4.69) is 20.8 Å². The molecular weight excluding hydrogens is 208 g/mol. The van der Waals surface area contributed by atoms with E-state index in [9.17, 15) is 0 Å². The van der Waals surface area contributed by atoms with Gasteiger partial charge in [0.25, 0.3) is 0 Å². The summed E-state index contributed by atoms with van der Waals surface area (Å²) in [7, 11) is 0. The Kier molecular flexibility index (Phi) is 2.81. The highest BCUT2D eigenvalue weighted by Crippen LogP contribution is 2.51. The van der Waals surface area contributed by atoms with Crippen LogP contribution in [0.25, 0.3) is 0 Å². The van der Waals surface area contributed by atoms with Crippen LogP contribution < -0.4 is 0 Å². The van der Waals surface area contributed by atoms with Crippen molar-refractivity contribution >= 4 is 0 Å². The molecule has 1 spiro atoms. The van der Waals surface area contributed by atoms with Gasteiger partial charge in [-0.05, 0) is 68.1 Å². The zero-order valence-corrected chi connectivity index (χ0v) is 11.8. The van der Waals surface area contributed by atoms with E-state index in [-0.39, 0.29) is 0 Å². The minimum absolute atomic E-state index is 0.301. The molecule has 0 N–H and O–H groups in total. The van der Waals surface area contributed by atoms with Crippen LogP contribution in [0.3, 0.4) is 0 Å². The summed E-state index contributed by atoms with van der Waals surface area (Å²) < 4.78 is 6.35. The average Bonchev–Trinajstić information content (AvgIpc) is 3.02. The third-order valence-electron chi connectivity index (χ3n) is 5.76. The molecule has 1 saturated heterocycles. The molecule has 0 amide bonds. The summed E-state index contributed by atoms with van der Waals surface area (Å²) in [4.78, 5) is 0. The molecule has 0 radical (unpaired) electrons. The van der Waals surface area contributed by atoms with Crippen LogP contribution in [-0.2, 0) is 4.74 Å². The SMILES string of the molecule is CC(C)(C)C1CCC2(CC1)CC[C@H]1C[C@H]1CO2. The van der Waals surface area contributed by atoms with Crippen molar-refractivity contribution in [3.05, 3.63) is 0 Å². The standard InChI is InChI=1S/C16H28O/c1-15(2,3)14-5-8-16(9-6-14)7-4-12-10-13(12)11-17-16/h12-14H,4-11H2,1-3H3/t12-,13-,14?,16?/m0/s1. The maximum atomic E-state index is 6.35.